The van der Waals surface area contributed by atoms with Crippen LogP contribution in [0.15, 0.2) is 0 Å². The zero-order chi connectivity index (χ0) is 13.3. The number of thiazole rings is 1. The van der Waals surface area contributed by atoms with E-state index in [1.807, 2.05) is 19.0 Å². The molecular weight excluding hydrogens is 248 g/mol. The van der Waals surface area contributed by atoms with Crippen LogP contribution in [0.3, 0.4) is 0 Å². The second kappa shape index (κ2) is 5.14. The highest BCUT2D eigenvalue weighted by Gasteiger charge is 2.26. The van der Waals surface area contributed by atoms with Crippen molar-refractivity contribution in [2.24, 2.45) is 5.92 Å². The Bertz CT molecular complexity index is 439. The summed E-state index contributed by atoms with van der Waals surface area (Å²) in [5.41, 5.74) is 5.79. The molecule has 1 saturated carbocycles. The lowest BCUT2D eigenvalue weighted by Gasteiger charge is -2.31. The lowest BCUT2D eigenvalue weighted by Crippen LogP contribution is -2.40. The van der Waals surface area contributed by atoms with Crippen molar-refractivity contribution in [1.29, 1.82) is 0 Å². The number of hydrogen-bond acceptors (Lipinski definition) is 5. The van der Waals surface area contributed by atoms with Gasteiger partial charge in [0.15, 0.2) is 5.13 Å². The zero-order valence-corrected chi connectivity index (χ0v) is 11.9. The molecule has 100 valence electrons. The van der Waals surface area contributed by atoms with Crippen molar-refractivity contribution in [3.05, 3.63) is 4.88 Å². The third-order valence-corrected chi connectivity index (χ3v) is 4.68. The van der Waals surface area contributed by atoms with Gasteiger partial charge in [-0.25, -0.2) is 4.98 Å². The van der Waals surface area contributed by atoms with Gasteiger partial charge in [-0.2, -0.15) is 0 Å². The molecule has 0 saturated heterocycles. The molecule has 1 aromatic rings. The Morgan fingerprint density at radius 3 is 2.67 bits per heavy atom. The molecule has 3 N–H and O–H groups in total. The van der Waals surface area contributed by atoms with Gasteiger partial charge >= 0.3 is 0 Å². The molecule has 2 rings (SSSR count). The third kappa shape index (κ3) is 2.58. The van der Waals surface area contributed by atoms with Gasteiger partial charge in [0.2, 0.25) is 0 Å². The van der Waals surface area contributed by atoms with Gasteiger partial charge in [-0.3, -0.25) is 4.79 Å². The van der Waals surface area contributed by atoms with E-state index < -0.39 is 0 Å². The summed E-state index contributed by atoms with van der Waals surface area (Å²) >= 11 is 1.33. The van der Waals surface area contributed by atoms with Crippen molar-refractivity contribution < 1.29 is 4.79 Å². The standard InChI is InChI=1S/C12H20N4OS/c1-7(8-5-4-6-8)14-11(17)9-10(13)15-12(18-9)16(2)3/h7-8H,4-6,13H2,1-3H3,(H,14,17). The van der Waals surface area contributed by atoms with Crippen molar-refractivity contribution in [1.82, 2.24) is 10.3 Å². The smallest absolute Gasteiger partial charge is 0.265 e. The van der Waals surface area contributed by atoms with Crippen LogP contribution in [0.2, 0.25) is 0 Å². The van der Waals surface area contributed by atoms with E-state index in [9.17, 15) is 4.79 Å². The predicted molar refractivity (Wildman–Crippen MR) is 75.1 cm³/mol. The van der Waals surface area contributed by atoms with E-state index in [0.717, 1.165) is 5.13 Å². The molecular formula is C12H20N4OS. The van der Waals surface area contributed by atoms with E-state index in [0.29, 0.717) is 16.6 Å². The number of aromatic nitrogens is 1. The first-order chi connectivity index (χ1) is 8.49. The molecule has 1 fully saturated rings. The quantitative estimate of drug-likeness (QED) is 0.872. The van der Waals surface area contributed by atoms with Gasteiger partial charge in [0, 0.05) is 20.1 Å². The molecule has 0 spiro atoms. The molecule has 0 aromatic carbocycles. The first-order valence-corrected chi connectivity index (χ1v) is 7.05. The Morgan fingerprint density at radius 1 is 1.56 bits per heavy atom. The predicted octanol–water partition coefficient (Wildman–Crippen LogP) is 1.71. The molecule has 1 unspecified atom stereocenters. The molecule has 1 aromatic heterocycles. The minimum absolute atomic E-state index is 0.0995. The van der Waals surface area contributed by atoms with Crippen molar-refractivity contribution in [2.45, 2.75) is 32.2 Å². The van der Waals surface area contributed by atoms with Gasteiger partial charge < -0.3 is 16.0 Å². The summed E-state index contributed by atoms with van der Waals surface area (Å²) in [5.74, 6) is 0.843. The van der Waals surface area contributed by atoms with Gasteiger partial charge in [-0.15, -0.1) is 0 Å². The molecule has 1 atom stereocenters. The van der Waals surface area contributed by atoms with Gasteiger partial charge in [0.05, 0.1) is 0 Å². The summed E-state index contributed by atoms with van der Waals surface area (Å²) in [6.07, 6.45) is 3.70. The first kappa shape index (κ1) is 13.1. The Morgan fingerprint density at radius 2 is 2.22 bits per heavy atom. The summed E-state index contributed by atoms with van der Waals surface area (Å²) in [6, 6.07) is 0.218. The fourth-order valence-electron chi connectivity index (χ4n) is 2.00. The van der Waals surface area contributed by atoms with Gasteiger partial charge in [0.1, 0.15) is 10.7 Å². The number of nitrogens with one attached hydrogen (secondary N) is 1. The number of amides is 1. The van der Waals surface area contributed by atoms with Crippen molar-refractivity contribution in [3.8, 4) is 0 Å². The monoisotopic (exact) mass is 268 g/mol. The Kier molecular flexibility index (Phi) is 3.75. The largest absolute Gasteiger partial charge is 0.382 e. The van der Waals surface area contributed by atoms with Crippen LogP contribution in [-0.2, 0) is 0 Å². The minimum Gasteiger partial charge on any atom is -0.382 e. The lowest BCUT2D eigenvalue weighted by molar-refractivity contribution is 0.0914. The maximum Gasteiger partial charge on any atom is 0.265 e. The third-order valence-electron chi connectivity index (χ3n) is 3.45. The Labute approximate surface area is 111 Å². The van der Waals surface area contributed by atoms with E-state index in [-0.39, 0.29) is 11.9 Å². The van der Waals surface area contributed by atoms with Crippen LogP contribution < -0.4 is 16.0 Å². The van der Waals surface area contributed by atoms with Crippen LogP contribution in [0.1, 0.15) is 35.9 Å². The van der Waals surface area contributed by atoms with Crippen LogP contribution >= 0.6 is 11.3 Å². The average molecular weight is 268 g/mol. The molecule has 0 radical (unpaired) electrons. The van der Waals surface area contributed by atoms with Crippen LogP contribution in [0, 0.1) is 5.92 Å². The zero-order valence-electron chi connectivity index (χ0n) is 11.1. The van der Waals surface area contributed by atoms with Crippen molar-refractivity contribution in [3.63, 3.8) is 0 Å². The number of anilines is 2. The maximum atomic E-state index is 12.1. The number of carbonyl (C=O) groups is 1. The van der Waals surface area contributed by atoms with Gasteiger partial charge in [0.25, 0.3) is 5.91 Å². The number of nitrogens with zero attached hydrogens (tertiary/aromatic N) is 2. The van der Waals surface area contributed by atoms with E-state index in [4.69, 9.17) is 5.73 Å². The number of hydrogen-bond donors (Lipinski definition) is 2. The van der Waals surface area contributed by atoms with Gasteiger partial charge in [-0.1, -0.05) is 17.8 Å². The van der Waals surface area contributed by atoms with E-state index >= 15 is 0 Å². The van der Waals surface area contributed by atoms with E-state index in [1.165, 1.54) is 30.6 Å². The molecule has 5 nitrogen and oxygen atoms in total. The lowest BCUT2D eigenvalue weighted by atomic mass is 9.80. The summed E-state index contributed by atoms with van der Waals surface area (Å²) < 4.78 is 0. The molecule has 1 aliphatic carbocycles. The molecule has 1 aliphatic rings. The molecule has 1 amide bonds. The summed E-state index contributed by atoms with van der Waals surface area (Å²) in [7, 11) is 3.77. The number of nitrogen functional groups attached to an aromatic ring is 1. The second-order valence-electron chi connectivity index (χ2n) is 5.06. The second-order valence-corrected chi connectivity index (χ2v) is 6.04. The maximum absolute atomic E-state index is 12.1. The summed E-state index contributed by atoms with van der Waals surface area (Å²) in [4.78, 5) is 18.7. The van der Waals surface area contributed by atoms with E-state index in [1.54, 1.807) is 0 Å². The molecule has 0 bridgehead atoms. The van der Waals surface area contributed by atoms with Crippen LogP contribution in [-0.4, -0.2) is 31.0 Å². The number of nitrogens with two attached hydrogens (primary N) is 1. The molecule has 1 heterocycles. The van der Waals surface area contributed by atoms with Crippen LogP contribution in [0.5, 0.6) is 0 Å². The van der Waals surface area contributed by atoms with Crippen molar-refractivity contribution >= 4 is 28.2 Å². The average Bonchev–Trinajstić information content (AvgIpc) is 2.57. The van der Waals surface area contributed by atoms with Crippen LogP contribution in [0.25, 0.3) is 0 Å². The fourth-order valence-corrected chi connectivity index (χ4v) is 2.82. The van der Waals surface area contributed by atoms with Crippen molar-refractivity contribution in [2.75, 3.05) is 24.7 Å². The normalized spacial score (nSPS) is 17.1. The summed E-state index contributed by atoms with van der Waals surface area (Å²) in [5, 5.41) is 3.78. The number of rotatable bonds is 4. The SMILES string of the molecule is CC(NC(=O)c1sc(N(C)C)nc1N)C1CCC1. The summed E-state index contributed by atoms with van der Waals surface area (Å²) in [6.45, 7) is 2.06. The minimum atomic E-state index is -0.0995. The topological polar surface area (TPSA) is 71.2 Å². The highest BCUT2D eigenvalue weighted by Crippen LogP contribution is 2.30. The highest BCUT2D eigenvalue weighted by molar-refractivity contribution is 7.18. The fraction of sp³-hybridized carbons (Fsp3) is 0.667. The molecule has 6 heteroatoms. The van der Waals surface area contributed by atoms with Gasteiger partial charge in [-0.05, 0) is 25.7 Å². The van der Waals surface area contributed by atoms with Crippen LogP contribution in [0.4, 0.5) is 10.9 Å². The number of carbonyl (C=O) groups excluding carboxylic acids is 1. The van der Waals surface area contributed by atoms with E-state index in [2.05, 4.69) is 17.2 Å². The highest BCUT2D eigenvalue weighted by atomic mass is 32.1. The molecule has 18 heavy (non-hydrogen) atoms. The Hall–Kier alpha value is -1.30. The molecule has 0 aliphatic heterocycles. The Balaban J connectivity index is 2.03. The first-order valence-electron chi connectivity index (χ1n) is 6.23.